The highest BCUT2D eigenvalue weighted by molar-refractivity contribution is 7.18. The molecule has 2 heterocycles. The van der Waals surface area contributed by atoms with Gasteiger partial charge in [-0.3, -0.25) is 14.5 Å². The molecule has 1 amide bonds. The Morgan fingerprint density at radius 3 is 2.42 bits per heavy atom. The lowest BCUT2D eigenvalue weighted by Crippen LogP contribution is -2.48. The number of nitrogens with one attached hydrogen (secondary N) is 1. The number of carbonyl (C=O) groups is 3. The van der Waals surface area contributed by atoms with Crippen LogP contribution in [0.4, 0.5) is 5.00 Å². The molecule has 1 fully saturated rings. The van der Waals surface area contributed by atoms with Gasteiger partial charge in [0.15, 0.2) is 5.78 Å². The summed E-state index contributed by atoms with van der Waals surface area (Å²) in [5.74, 6) is -0.903. The van der Waals surface area contributed by atoms with Gasteiger partial charge in [0.1, 0.15) is 5.00 Å². The summed E-state index contributed by atoms with van der Waals surface area (Å²) in [6, 6.07) is 0. The number of morpholine rings is 1. The zero-order chi connectivity index (χ0) is 19.4. The van der Waals surface area contributed by atoms with Crippen molar-refractivity contribution in [2.75, 3.05) is 31.6 Å². The van der Waals surface area contributed by atoms with E-state index in [4.69, 9.17) is 9.47 Å². The Hall–Kier alpha value is -1.77. The third-order valence-corrected chi connectivity index (χ3v) is 5.37. The summed E-state index contributed by atoms with van der Waals surface area (Å²) in [6.07, 6.45) is 0.130. The lowest BCUT2D eigenvalue weighted by atomic mass is 10.1. The molecule has 144 valence electrons. The van der Waals surface area contributed by atoms with Crippen LogP contribution < -0.4 is 5.32 Å². The van der Waals surface area contributed by atoms with Crippen molar-refractivity contribution < 1.29 is 23.9 Å². The second-order valence-electron chi connectivity index (χ2n) is 6.54. The molecule has 2 atom stereocenters. The monoisotopic (exact) mass is 382 g/mol. The van der Waals surface area contributed by atoms with Gasteiger partial charge in [0.05, 0.1) is 35.8 Å². The molecule has 8 heteroatoms. The van der Waals surface area contributed by atoms with E-state index in [1.54, 1.807) is 13.8 Å². The van der Waals surface area contributed by atoms with Crippen LogP contribution >= 0.6 is 11.3 Å². The summed E-state index contributed by atoms with van der Waals surface area (Å²) >= 11 is 1.11. The van der Waals surface area contributed by atoms with Crippen LogP contribution in [0.5, 0.6) is 0 Å². The summed E-state index contributed by atoms with van der Waals surface area (Å²) in [6.45, 7) is 10.6. The van der Waals surface area contributed by atoms with E-state index >= 15 is 0 Å². The summed E-state index contributed by atoms with van der Waals surface area (Å²) in [7, 11) is 0. The van der Waals surface area contributed by atoms with E-state index in [9.17, 15) is 14.4 Å². The number of carbonyl (C=O) groups excluding carboxylic acids is 3. The van der Waals surface area contributed by atoms with Crippen molar-refractivity contribution in [1.82, 2.24) is 4.90 Å². The molecule has 26 heavy (non-hydrogen) atoms. The predicted molar refractivity (Wildman–Crippen MR) is 100 cm³/mol. The van der Waals surface area contributed by atoms with Crippen molar-refractivity contribution in [3.63, 3.8) is 0 Å². The van der Waals surface area contributed by atoms with Gasteiger partial charge < -0.3 is 14.8 Å². The third kappa shape index (κ3) is 4.90. The van der Waals surface area contributed by atoms with Gasteiger partial charge >= 0.3 is 5.97 Å². The van der Waals surface area contributed by atoms with Gasteiger partial charge in [0, 0.05) is 13.1 Å². The molecule has 1 aliphatic rings. The number of rotatable bonds is 6. The molecule has 0 unspecified atom stereocenters. The molecule has 0 bridgehead atoms. The van der Waals surface area contributed by atoms with Crippen molar-refractivity contribution in [3.05, 3.63) is 16.0 Å². The Bertz CT molecular complexity index is 690. The molecule has 1 saturated heterocycles. The standard InChI is InChI=1S/C18H26N2O5S/c1-6-24-18(23)15-12(4)16(13(5)21)26-17(15)19-14(22)9-20-7-10(2)25-11(3)8-20/h10-11H,6-9H2,1-5H3,(H,19,22)/t10-,11-/m0/s1. The largest absolute Gasteiger partial charge is 0.462 e. The molecule has 0 saturated carbocycles. The first-order valence-corrected chi connectivity index (χ1v) is 9.53. The summed E-state index contributed by atoms with van der Waals surface area (Å²) in [5, 5.41) is 3.15. The lowest BCUT2D eigenvalue weighted by Gasteiger charge is -2.34. The molecule has 0 aliphatic carbocycles. The molecule has 7 nitrogen and oxygen atoms in total. The molecular formula is C18H26N2O5S. The first-order valence-electron chi connectivity index (χ1n) is 8.72. The van der Waals surface area contributed by atoms with Crippen LogP contribution in [0.25, 0.3) is 0 Å². The third-order valence-electron chi connectivity index (χ3n) is 4.06. The van der Waals surface area contributed by atoms with Crippen molar-refractivity contribution in [3.8, 4) is 0 Å². The smallest absolute Gasteiger partial charge is 0.341 e. The predicted octanol–water partition coefficient (Wildman–Crippen LogP) is 2.48. The van der Waals surface area contributed by atoms with Gasteiger partial charge in [-0.05, 0) is 40.2 Å². The number of thiophene rings is 1. The highest BCUT2D eigenvalue weighted by Gasteiger charge is 2.27. The van der Waals surface area contributed by atoms with Crippen LogP contribution in [-0.2, 0) is 14.3 Å². The van der Waals surface area contributed by atoms with Crippen molar-refractivity contribution in [1.29, 1.82) is 0 Å². The Morgan fingerprint density at radius 1 is 1.27 bits per heavy atom. The van der Waals surface area contributed by atoms with Crippen molar-refractivity contribution in [2.24, 2.45) is 0 Å². The van der Waals surface area contributed by atoms with E-state index in [1.807, 2.05) is 18.7 Å². The van der Waals surface area contributed by atoms with Crippen LogP contribution in [0.1, 0.15) is 53.3 Å². The number of amides is 1. The zero-order valence-corrected chi connectivity index (χ0v) is 16.7. The highest BCUT2D eigenvalue weighted by Crippen LogP contribution is 2.34. The highest BCUT2D eigenvalue weighted by atomic mass is 32.1. The fraction of sp³-hybridized carbons (Fsp3) is 0.611. The van der Waals surface area contributed by atoms with E-state index in [0.29, 0.717) is 28.5 Å². The Morgan fingerprint density at radius 2 is 1.88 bits per heavy atom. The number of Topliss-reactive ketones (excluding diaryl/α,β-unsaturated/α-hetero) is 1. The number of nitrogens with zero attached hydrogens (tertiary/aromatic N) is 1. The normalized spacial score (nSPS) is 20.7. The molecule has 0 radical (unpaired) electrons. The molecule has 1 aliphatic heterocycles. The Balaban J connectivity index is 2.16. The zero-order valence-electron chi connectivity index (χ0n) is 15.9. The maximum Gasteiger partial charge on any atom is 0.341 e. The maximum absolute atomic E-state index is 12.5. The molecule has 2 rings (SSSR count). The van der Waals surface area contributed by atoms with Gasteiger partial charge in [-0.15, -0.1) is 11.3 Å². The average molecular weight is 382 g/mol. The van der Waals surface area contributed by atoms with Crippen molar-refractivity contribution >= 4 is 34.0 Å². The minimum Gasteiger partial charge on any atom is -0.462 e. The first-order chi connectivity index (χ1) is 12.2. The van der Waals surface area contributed by atoms with E-state index in [2.05, 4.69) is 5.32 Å². The van der Waals surface area contributed by atoms with E-state index < -0.39 is 5.97 Å². The number of ether oxygens (including phenoxy) is 2. The fourth-order valence-electron chi connectivity index (χ4n) is 3.17. The number of anilines is 1. The SMILES string of the molecule is CCOC(=O)c1c(NC(=O)CN2C[C@H](C)O[C@@H](C)C2)sc(C(C)=O)c1C. The summed E-state index contributed by atoms with van der Waals surface area (Å²) in [4.78, 5) is 39.1. The number of ketones is 1. The van der Waals surface area contributed by atoms with Gasteiger partial charge in [0.2, 0.25) is 5.91 Å². The van der Waals surface area contributed by atoms with Crippen LogP contribution in [0.3, 0.4) is 0 Å². The van der Waals surface area contributed by atoms with Crippen LogP contribution in [-0.4, -0.2) is 61.0 Å². The van der Waals surface area contributed by atoms with Crippen LogP contribution in [0.2, 0.25) is 0 Å². The second kappa shape index (κ2) is 8.75. The van der Waals surface area contributed by atoms with E-state index in [-0.39, 0.29) is 42.6 Å². The van der Waals surface area contributed by atoms with Crippen LogP contribution in [0, 0.1) is 6.92 Å². The van der Waals surface area contributed by atoms with E-state index in [1.165, 1.54) is 6.92 Å². The molecular weight excluding hydrogens is 356 g/mol. The molecule has 1 N–H and O–H groups in total. The fourth-order valence-corrected chi connectivity index (χ4v) is 4.28. The minimum atomic E-state index is -0.530. The Kier molecular flexibility index (Phi) is 6.91. The quantitative estimate of drug-likeness (QED) is 0.601. The number of hydrogen-bond acceptors (Lipinski definition) is 7. The molecule has 1 aromatic heterocycles. The molecule has 0 aromatic carbocycles. The number of esters is 1. The van der Waals surface area contributed by atoms with E-state index in [0.717, 1.165) is 11.3 Å². The van der Waals surface area contributed by atoms with Gasteiger partial charge in [-0.25, -0.2) is 4.79 Å². The van der Waals surface area contributed by atoms with Gasteiger partial charge in [-0.1, -0.05) is 0 Å². The number of hydrogen-bond donors (Lipinski definition) is 1. The van der Waals surface area contributed by atoms with Gasteiger partial charge in [0.25, 0.3) is 0 Å². The summed E-state index contributed by atoms with van der Waals surface area (Å²) < 4.78 is 10.7. The average Bonchev–Trinajstić information content (AvgIpc) is 2.82. The lowest BCUT2D eigenvalue weighted by molar-refractivity contribution is -0.121. The summed E-state index contributed by atoms with van der Waals surface area (Å²) in [5.41, 5.74) is 0.809. The Labute approximate surface area is 157 Å². The van der Waals surface area contributed by atoms with Crippen LogP contribution in [0.15, 0.2) is 0 Å². The molecule has 1 aromatic rings. The first kappa shape index (κ1) is 20.5. The molecule has 0 spiro atoms. The minimum absolute atomic E-state index is 0.0648. The maximum atomic E-state index is 12.5. The van der Waals surface area contributed by atoms with Gasteiger partial charge in [-0.2, -0.15) is 0 Å². The van der Waals surface area contributed by atoms with Crippen molar-refractivity contribution in [2.45, 2.75) is 46.8 Å². The topological polar surface area (TPSA) is 84.9 Å². The second-order valence-corrected chi connectivity index (χ2v) is 7.56.